The van der Waals surface area contributed by atoms with E-state index in [0.717, 1.165) is 5.52 Å². The van der Waals surface area contributed by atoms with E-state index in [9.17, 15) is 4.79 Å². The summed E-state index contributed by atoms with van der Waals surface area (Å²) in [6.45, 7) is 0. The smallest absolute Gasteiger partial charge is 0.264 e. The first-order valence-corrected chi connectivity index (χ1v) is 6.77. The lowest BCUT2D eigenvalue weighted by molar-refractivity contribution is 0.0962. The van der Waals surface area contributed by atoms with E-state index in [-0.39, 0.29) is 5.91 Å². The third kappa shape index (κ3) is 2.17. The average Bonchev–Trinajstić information content (AvgIpc) is 2.74. The maximum absolute atomic E-state index is 12.5. The summed E-state index contributed by atoms with van der Waals surface area (Å²) in [4.78, 5) is 16.8. The van der Waals surface area contributed by atoms with Gasteiger partial charge in [-0.25, -0.2) is 4.98 Å². The number of halogens is 2. The third-order valence-corrected chi connectivity index (χ3v) is 3.57. The van der Waals surface area contributed by atoms with Crippen molar-refractivity contribution in [3.05, 3.63) is 63.9 Å². The van der Waals surface area contributed by atoms with Crippen LogP contribution < -0.4 is 0 Å². The highest BCUT2D eigenvalue weighted by molar-refractivity contribution is 9.10. The monoisotopic (exact) mass is 334 g/mol. The summed E-state index contributed by atoms with van der Waals surface area (Å²) in [5.74, 6) is -0.141. The molecule has 1 heterocycles. The zero-order valence-electron chi connectivity index (χ0n) is 9.68. The molecule has 0 atom stereocenters. The fourth-order valence-electron chi connectivity index (χ4n) is 1.92. The van der Waals surface area contributed by atoms with Crippen LogP contribution in [0.25, 0.3) is 11.0 Å². The summed E-state index contributed by atoms with van der Waals surface area (Å²) >= 11 is 9.30. The molecule has 0 saturated heterocycles. The SMILES string of the molecule is O=C(c1ccccc1)n1c(Br)nc2ccc(Cl)cc21. The zero-order chi connectivity index (χ0) is 13.4. The second-order valence-electron chi connectivity index (χ2n) is 4.02. The third-order valence-electron chi connectivity index (χ3n) is 2.80. The number of imidazole rings is 1. The maximum atomic E-state index is 12.5. The zero-order valence-corrected chi connectivity index (χ0v) is 12.0. The van der Waals surface area contributed by atoms with Gasteiger partial charge in [0.1, 0.15) is 0 Å². The lowest BCUT2D eigenvalue weighted by atomic mass is 10.2. The van der Waals surface area contributed by atoms with Gasteiger partial charge >= 0.3 is 0 Å². The summed E-state index contributed by atoms with van der Waals surface area (Å²) in [5, 5.41) is 0.571. The minimum atomic E-state index is -0.141. The maximum Gasteiger partial charge on any atom is 0.264 e. The van der Waals surface area contributed by atoms with Crippen LogP contribution in [0.4, 0.5) is 0 Å². The Kier molecular flexibility index (Phi) is 3.12. The summed E-state index contributed by atoms with van der Waals surface area (Å²) in [5.41, 5.74) is 2.01. The van der Waals surface area contributed by atoms with E-state index >= 15 is 0 Å². The molecule has 0 N–H and O–H groups in total. The fraction of sp³-hybridized carbons (Fsp3) is 0. The Morgan fingerprint density at radius 3 is 2.63 bits per heavy atom. The molecule has 2 aromatic carbocycles. The molecule has 0 aliphatic rings. The number of nitrogens with zero attached hydrogens (tertiary/aromatic N) is 2. The quantitative estimate of drug-likeness (QED) is 0.670. The number of benzene rings is 2. The Morgan fingerprint density at radius 1 is 1.16 bits per heavy atom. The number of fused-ring (bicyclic) bond motifs is 1. The largest absolute Gasteiger partial charge is 0.268 e. The van der Waals surface area contributed by atoms with E-state index in [4.69, 9.17) is 11.6 Å². The van der Waals surface area contributed by atoms with Crippen LogP contribution in [0.15, 0.2) is 53.3 Å². The second kappa shape index (κ2) is 4.79. The van der Waals surface area contributed by atoms with E-state index in [2.05, 4.69) is 20.9 Å². The van der Waals surface area contributed by atoms with Crippen LogP contribution in [-0.2, 0) is 0 Å². The Bertz CT molecular complexity index is 768. The highest BCUT2D eigenvalue weighted by atomic mass is 79.9. The van der Waals surface area contributed by atoms with Gasteiger partial charge in [0.2, 0.25) is 0 Å². The predicted octanol–water partition coefficient (Wildman–Crippen LogP) is 4.14. The van der Waals surface area contributed by atoms with Gasteiger partial charge in [0, 0.05) is 10.6 Å². The Morgan fingerprint density at radius 2 is 1.89 bits per heavy atom. The van der Waals surface area contributed by atoms with Crippen LogP contribution >= 0.6 is 27.5 Å². The van der Waals surface area contributed by atoms with Gasteiger partial charge in [-0.1, -0.05) is 29.8 Å². The molecule has 3 nitrogen and oxygen atoms in total. The molecule has 0 unspecified atom stereocenters. The van der Waals surface area contributed by atoms with Crippen LogP contribution in [0, 0.1) is 0 Å². The number of carbonyl (C=O) groups is 1. The van der Waals surface area contributed by atoms with Crippen molar-refractivity contribution in [3.63, 3.8) is 0 Å². The van der Waals surface area contributed by atoms with Gasteiger partial charge in [-0.05, 0) is 46.3 Å². The summed E-state index contributed by atoms with van der Waals surface area (Å²) in [6.07, 6.45) is 0. The molecule has 0 aliphatic heterocycles. The van der Waals surface area contributed by atoms with Crippen molar-refractivity contribution in [2.45, 2.75) is 0 Å². The average molecular weight is 336 g/mol. The standard InChI is InChI=1S/C14H8BrClN2O/c15-14-17-11-7-6-10(16)8-12(11)18(14)13(19)9-4-2-1-3-5-9/h1-8H. The number of aromatic nitrogens is 2. The molecule has 94 valence electrons. The number of hydrogen-bond acceptors (Lipinski definition) is 2. The van der Waals surface area contributed by atoms with Gasteiger partial charge in [-0.2, -0.15) is 0 Å². The summed E-state index contributed by atoms with van der Waals surface area (Å²) in [6, 6.07) is 14.3. The van der Waals surface area contributed by atoms with Crippen molar-refractivity contribution >= 4 is 44.5 Å². The molecule has 19 heavy (non-hydrogen) atoms. The van der Waals surface area contributed by atoms with Crippen molar-refractivity contribution in [2.75, 3.05) is 0 Å². The van der Waals surface area contributed by atoms with Crippen molar-refractivity contribution in [1.29, 1.82) is 0 Å². The van der Waals surface area contributed by atoms with E-state index in [1.807, 2.05) is 18.2 Å². The molecule has 0 amide bonds. The first kappa shape index (κ1) is 12.4. The first-order chi connectivity index (χ1) is 9.16. The van der Waals surface area contributed by atoms with Gasteiger partial charge in [0.25, 0.3) is 5.91 Å². The topological polar surface area (TPSA) is 34.9 Å². The van der Waals surface area contributed by atoms with Crippen molar-refractivity contribution < 1.29 is 4.79 Å². The molecular formula is C14H8BrClN2O. The summed E-state index contributed by atoms with van der Waals surface area (Å²) in [7, 11) is 0. The molecule has 0 spiro atoms. The van der Waals surface area contributed by atoms with Gasteiger partial charge in [0.15, 0.2) is 4.73 Å². The Balaban J connectivity index is 2.22. The van der Waals surface area contributed by atoms with Crippen LogP contribution in [0.1, 0.15) is 10.4 Å². The lowest BCUT2D eigenvalue weighted by Crippen LogP contribution is -2.11. The number of rotatable bonds is 1. The first-order valence-electron chi connectivity index (χ1n) is 5.60. The Hall–Kier alpha value is -1.65. The molecule has 5 heteroatoms. The predicted molar refractivity (Wildman–Crippen MR) is 78.6 cm³/mol. The molecule has 0 aliphatic carbocycles. The normalized spacial score (nSPS) is 10.8. The van der Waals surface area contributed by atoms with Crippen LogP contribution in [0.5, 0.6) is 0 Å². The second-order valence-corrected chi connectivity index (χ2v) is 5.17. The molecule has 0 bridgehead atoms. The number of hydrogen-bond donors (Lipinski definition) is 0. The van der Waals surface area contributed by atoms with E-state index in [0.29, 0.717) is 20.8 Å². The van der Waals surface area contributed by atoms with Gasteiger partial charge in [0.05, 0.1) is 11.0 Å². The molecule has 0 saturated carbocycles. The number of carbonyl (C=O) groups excluding carboxylic acids is 1. The van der Waals surface area contributed by atoms with Crippen LogP contribution in [0.3, 0.4) is 0 Å². The molecule has 0 fully saturated rings. The van der Waals surface area contributed by atoms with Crippen molar-refractivity contribution in [2.24, 2.45) is 0 Å². The Labute approximate surface area is 123 Å². The van der Waals surface area contributed by atoms with E-state index in [1.54, 1.807) is 30.3 Å². The van der Waals surface area contributed by atoms with Gasteiger partial charge < -0.3 is 0 Å². The molecule has 3 aromatic rings. The van der Waals surface area contributed by atoms with Crippen LogP contribution in [0.2, 0.25) is 5.02 Å². The van der Waals surface area contributed by atoms with Crippen molar-refractivity contribution in [1.82, 2.24) is 9.55 Å². The van der Waals surface area contributed by atoms with Gasteiger partial charge in [-0.3, -0.25) is 9.36 Å². The molecule has 3 rings (SSSR count). The van der Waals surface area contributed by atoms with E-state index < -0.39 is 0 Å². The summed E-state index contributed by atoms with van der Waals surface area (Å²) < 4.78 is 1.98. The molecular weight excluding hydrogens is 328 g/mol. The molecule has 0 radical (unpaired) electrons. The highest BCUT2D eigenvalue weighted by Gasteiger charge is 2.16. The lowest BCUT2D eigenvalue weighted by Gasteiger charge is -2.04. The van der Waals surface area contributed by atoms with Crippen LogP contribution in [-0.4, -0.2) is 15.5 Å². The van der Waals surface area contributed by atoms with Gasteiger partial charge in [-0.15, -0.1) is 0 Å². The molecule has 1 aromatic heterocycles. The highest BCUT2D eigenvalue weighted by Crippen LogP contribution is 2.24. The van der Waals surface area contributed by atoms with Crippen molar-refractivity contribution in [3.8, 4) is 0 Å². The minimum Gasteiger partial charge on any atom is -0.268 e. The fourth-order valence-corrected chi connectivity index (χ4v) is 2.63. The minimum absolute atomic E-state index is 0.141. The van der Waals surface area contributed by atoms with E-state index in [1.165, 1.54) is 4.57 Å².